The van der Waals surface area contributed by atoms with E-state index >= 15 is 0 Å². The van der Waals surface area contributed by atoms with Crippen molar-refractivity contribution in [3.8, 4) is 17.6 Å². The minimum absolute atomic E-state index is 0.105. The maximum atomic E-state index is 14.1. The number of hydrogen-bond acceptors (Lipinski definition) is 6. The molecule has 3 aromatic rings. The molecule has 3 heterocycles. The third kappa shape index (κ3) is 6.66. The van der Waals surface area contributed by atoms with Crippen LogP contribution in [0.25, 0.3) is 0 Å². The van der Waals surface area contributed by atoms with Gasteiger partial charge in [-0.2, -0.15) is 18.4 Å². The SMILES string of the molecule is CCN1CCN(Cc2ccc(NC(=O)N3CCc4ccc(Oc5ccnc(C#N)c5)cc4[C@@H]3C)cc2C(F)(F)F)CC1. The number of alkyl halides is 3. The summed E-state index contributed by atoms with van der Waals surface area (Å²) in [7, 11) is 0. The molecule has 1 fully saturated rings. The maximum Gasteiger partial charge on any atom is 0.416 e. The Bertz CT molecular complexity index is 1480. The standard InChI is InChI=1S/C31H33F3N6O2/c1-3-38-12-14-39(15-13-38)20-23-4-6-24(17-29(23)31(32,33)34)37-30(41)40-11-9-22-5-7-26(18-28(22)21(40)2)42-27-8-10-36-25(16-27)19-35/h4-8,10,16-18,21H,3,9,11-15,20H2,1-2H3,(H,37,41)/t21-/m0/s1. The number of ether oxygens (including phenoxy) is 1. The van der Waals surface area contributed by atoms with Crippen LogP contribution < -0.4 is 10.1 Å². The molecule has 220 valence electrons. The van der Waals surface area contributed by atoms with Gasteiger partial charge in [-0.3, -0.25) is 4.90 Å². The second kappa shape index (κ2) is 12.4. The van der Waals surface area contributed by atoms with Crippen LogP contribution in [-0.2, 0) is 19.1 Å². The van der Waals surface area contributed by atoms with Crippen molar-refractivity contribution in [2.24, 2.45) is 0 Å². The van der Waals surface area contributed by atoms with Crippen LogP contribution in [0.5, 0.6) is 11.5 Å². The number of urea groups is 1. The Morgan fingerprint density at radius 1 is 1.05 bits per heavy atom. The largest absolute Gasteiger partial charge is 0.457 e. The number of amides is 2. The third-order valence-electron chi connectivity index (χ3n) is 7.97. The molecule has 42 heavy (non-hydrogen) atoms. The van der Waals surface area contributed by atoms with Crippen LogP contribution in [0.4, 0.5) is 23.7 Å². The van der Waals surface area contributed by atoms with Gasteiger partial charge in [-0.15, -0.1) is 0 Å². The predicted octanol–water partition coefficient (Wildman–Crippen LogP) is 6.05. The molecule has 2 aromatic carbocycles. The van der Waals surface area contributed by atoms with Crippen LogP contribution in [0, 0.1) is 11.3 Å². The lowest BCUT2D eigenvalue weighted by Gasteiger charge is -2.35. The first kappa shape index (κ1) is 29.4. The second-order valence-corrected chi connectivity index (χ2v) is 10.6. The number of pyridine rings is 1. The zero-order chi connectivity index (χ0) is 29.9. The molecule has 8 nitrogen and oxygen atoms in total. The van der Waals surface area contributed by atoms with Crippen molar-refractivity contribution in [2.45, 2.75) is 39.0 Å². The van der Waals surface area contributed by atoms with Crippen molar-refractivity contribution in [3.05, 3.63) is 82.7 Å². The third-order valence-corrected chi connectivity index (χ3v) is 7.97. The molecule has 2 aliphatic rings. The van der Waals surface area contributed by atoms with E-state index in [9.17, 15) is 18.0 Å². The molecule has 1 aromatic heterocycles. The summed E-state index contributed by atoms with van der Waals surface area (Å²) in [6.45, 7) is 8.63. The normalized spacial score (nSPS) is 17.8. The summed E-state index contributed by atoms with van der Waals surface area (Å²) in [5.74, 6) is 1.01. The average molecular weight is 579 g/mol. The van der Waals surface area contributed by atoms with E-state index in [1.807, 2.05) is 36.1 Å². The van der Waals surface area contributed by atoms with Crippen LogP contribution in [0.3, 0.4) is 0 Å². The number of anilines is 1. The highest BCUT2D eigenvalue weighted by Gasteiger charge is 2.35. The van der Waals surface area contributed by atoms with Gasteiger partial charge in [-0.1, -0.05) is 19.1 Å². The van der Waals surface area contributed by atoms with Crippen molar-refractivity contribution in [1.82, 2.24) is 19.7 Å². The zero-order valence-corrected chi connectivity index (χ0v) is 23.6. The van der Waals surface area contributed by atoms with Gasteiger partial charge in [0.25, 0.3) is 0 Å². The number of nitrogens with zero attached hydrogens (tertiary/aromatic N) is 5. The first-order chi connectivity index (χ1) is 20.1. The number of benzene rings is 2. The number of nitriles is 1. The number of rotatable bonds is 6. The minimum atomic E-state index is -4.54. The second-order valence-electron chi connectivity index (χ2n) is 10.6. The molecule has 2 amide bonds. The molecule has 1 saturated heterocycles. The van der Waals surface area contributed by atoms with E-state index in [0.29, 0.717) is 37.6 Å². The molecule has 2 aliphatic heterocycles. The predicted molar refractivity (Wildman–Crippen MR) is 152 cm³/mol. The number of aromatic nitrogens is 1. The van der Waals surface area contributed by atoms with E-state index in [1.165, 1.54) is 18.3 Å². The molecule has 0 aliphatic carbocycles. The smallest absolute Gasteiger partial charge is 0.416 e. The van der Waals surface area contributed by atoms with Gasteiger partial charge in [-0.05, 0) is 66.9 Å². The van der Waals surface area contributed by atoms with Crippen LogP contribution >= 0.6 is 0 Å². The Morgan fingerprint density at radius 2 is 1.79 bits per heavy atom. The number of halogens is 3. The summed E-state index contributed by atoms with van der Waals surface area (Å²) in [5, 5.41) is 11.8. The number of hydrogen-bond donors (Lipinski definition) is 1. The van der Waals surface area contributed by atoms with Crippen molar-refractivity contribution in [2.75, 3.05) is 44.6 Å². The molecule has 0 bridgehead atoms. The van der Waals surface area contributed by atoms with Gasteiger partial charge >= 0.3 is 12.2 Å². The van der Waals surface area contributed by atoms with E-state index in [4.69, 9.17) is 10.00 Å². The number of carbonyl (C=O) groups excluding carboxylic acids is 1. The monoisotopic (exact) mass is 578 g/mol. The van der Waals surface area contributed by atoms with Crippen molar-refractivity contribution >= 4 is 11.7 Å². The Hall–Kier alpha value is -4.14. The molecule has 0 saturated carbocycles. The number of fused-ring (bicyclic) bond motifs is 1. The number of carbonyl (C=O) groups is 1. The Balaban J connectivity index is 1.29. The molecular formula is C31H33F3N6O2. The van der Waals surface area contributed by atoms with Crippen LogP contribution in [0.2, 0.25) is 0 Å². The lowest BCUT2D eigenvalue weighted by Crippen LogP contribution is -2.45. The topological polar surface area (TPSA) is 84.7 Å². The van der Waals surface area contributed by atoms with E-state index in [1.54, 1.807) is 17.0 Å². The quantitative estimate of drug-likeness (QED) is 0.383. The van der Waals surface area contributed by atoms with Crippen LogP contribution in [0.15, 0.2) is 54.7 Å². The van der Waals surface area contributed by atoms with Gasteiger partial charge in [0, 0.05) is 57.2 Å². The van der Waals surface area contributed by atoms with Crippen molar-refractivity contribution in [1.29, 1.82) is 5.26 Å². The Kier molecular flexibility index (Phi) is 8.66. The summed E-state index contributed by atoms with van der Waals surface area (Å²) >= 11 is 0. The zero-order valence-electron chi connectivity index (χ0n) is 23.6. The number of likely N-dealkylation sites (N-methyl/N-ethyl adjacent to an activating group) is 1. The fourth-order valence-corrected chi connectivity index (χ4v) is 5.56. The highest BCUT2D eigenvalue weighted by Crippen LogP contribution is 2.36. The van der Waals surface area contributed by atoms with E-state index < -0.39 is 17.8 Å². The highest BCUT2D eigenvalue weighted by atomic mass is 19.4. The van der Waals surface area contributed by atoms with Gasteiger partial charge < -0.3 is 19.9 Å². The average Bonchev–Trinajstić information content (AvgIpc) is 2.98. The molecular weight excluding hydrogens is 545 g/mol. The summed E-state index contributed by atoms with van der Waals surface area (Å²) in [4.78, 5) is 23.2. The molecule has 0 unspecified atom stereocenters. The van der Waals surface area contributed by atoms with Crippen LogP contribution in [-0.4, -0.2) is 65.0 Å². The summed E-state index contributed by atoms with van der Waals surface area (Å²) < 4.78 is 48.1. The molecule has 1 N–H and O–H groups in total. The van der Waals surface area contributed by atoms with Gasteiger partial charge in [-0.25, -0.2) is 9.78 Å². The number of piperazine rings is 1. The Labute approximate surface area is 243 Å². The molecule has 0 spiro atoms. The van der Waals surface area contributed by atoms with Crippen molar-refractivity contribution in [3.63, 3.8) is 0 Å². The lowest BCUT2D eigenvalue weighted by molar-refractivity contribution is -0.138. The first-order valence-corrected chi connectivity index (χ1v) is 14.0. The molecule has 1 atom stereocenters. The number of nitrogens with one attached hydrogen (secondary N) is 1. The van der Waals surface area contributed by atoms with Gasteiger partial charge in [0.05, 0.1) is 11.6 Å². The van der Waals surface area contributed by atoms with E-state index in [2.05, 4.69) is 22.1 Å². The highest BCUT2D eigenvalue weighted by molar-refractivity contribution is 5.90. The molecule has 0 radical (unpaired) electrons. The summed E-state index contributed by atoms with van der Waals surface area (Å²) in [5.41, 5.74) is 1.76. The van der Waals surface area contributed by atoms with Gasteiger partial charge in [0.1, 0.15) is 23.3 Å². The maximum absolute atomic E-state index is 14.1. The first-order valence-electron chi connectivity index (χ1n) is 14.0. The molecule has 5 rings (SSSR count). The van der Waals surface area contributed by atoms with Crippen molar-refractivity contribution < 1.29 is 22.7 Å². The van der Waals surface area contributed by atoms with Gasteiger partial charge in [0.15, 0.2) is 0 Å². The fourth-order valence-electron chi connectivity index (χ4n) is 5.56. The van der Waals surface area contributed by atoms with Crippen LogP contribution in [0.1, 0.15) is 47.8 Å². The molecule has 11 heteroatoms. The Morgan fingerprint density at radius 3 is 2.50 bits per heavy atom. The fraction of sp³-hybridized carbons (Fsp3) is 0.387. The van der Waals surface area contributed by atoms with E-state index in [0.717, 1.165) is 36.8 Å². The van der Waals surface area contributed by atoms with E-state index in [-0.39, 0.29) is 29.5 Å². The van der Waals surface area contributed by atoms with Gasteiger partial charge in [0.2, 0.25) is 0 Å². The summed E-state index contributed by atoms with van der Waals surface area (Å²) in [6.07, 6.45) is -2.46. The lowest BCUT2D eigenvalue weighted by atomic mass is 9.93. The minimum Gasteiger partial charge on any atom is -0.457 e. The summed E-state index contributed by atoms with van der Waals surface area (Å²) in [6, 6.07) is 14.0.